The van der Waals surface area contributed by atoms with Gasteiger partial charge in [0.2, 0.25) is 11.8 Å². The number of rotatable bonds is 2. The van der Waals surface area contributed by atoms with Gasteiger partial charge >= 0.3 is 0 Å². The zero-order valence-electron chi connectivity index (χ0n) is 8.12. The summed E-state index contributed by atoms with van der Waals surface area (Å²) >= 11 is 0. The van der Waals surface area contributed by atoms with E-state index in [1.54, 1.807) is 4.90 Å². The van der Waals surface area contributed by atoms with Gasteiger partial charge in [-0.25, -0.2) is 0 Å². The molecule has 1 atom stereocenters. The molecule has 1 aliphatic rings. The van der Waals surface area contributed by atoms with Gasteiger partial charge in [-0.15, -0.1) is 0 Å². The molecule has 0 spiro atoms. The number of carbonyl (C=O) groups excluding carboxylic acids is 2. The third kappa shape index (κ3) is 1.99. The fourth-order valence-corrected chi connectivity index (χ4v) is 1.66. The number of hydrogen-bond acceptors (Lipinski definition) is 2. The van der Waals surface area contributed by atoms with Crippen LogP contribution >= 0.6 is 0 Å². The van der Waals surface area contributed by atoms with Crippen LogP contribution in [0.3, 0.4) is 0 Å². The highest BCUT2D eigenvalue weighted by molar-refractivity contribution is 5.87. The maximum atomic E-state index is 11.6. The predicted octanol–water partition coefficient (Wildman–Crippen LogP) is 0.119. The Morgan fingerprint density at radius 2 is 2.08 bits per heavy atom. The van der Waals surface area contributed by atoms with Crippen molar-refractivity contribution in [3.63, 3.8) is 0 Å². The number of carbonyl (C=O) groups is 2. The van der Waals surface area contributed by atoms with E-state index in [-0.39, 0.29) is 23.8 Å². The largest absolute Gasteiger partial charge is 0.368 e. The number of nitrogens with two attached hydrogens (primary N) is 1. The first-order valence-corrected chi connectivity index (χ1v) is 4.64. The lowest BCUT2D eigenvalue weighted by molar-refractivity contribution is -0.139. The normalized spacial score (nSPS) is 22.4. The Morgan fingerprint density at radius 1 is 1.46 bits per heavy atom. The molecule has 4 heteroatoms. The highest BCUT2D eigenvalue weighted by Crippen LogP contribution is 2.19. The van der Waals surface area contributed by atoms with E-state index in [1.807, 2.05) is 13.8 Å². The van der Waals surface area contributed by atoms with Crippen LogP contribution in [0.2, 0.25) is 0 Å². The highest BCUT2D eigenvalue weighted by Gasteiger charge is 2.33. The third-order valence-electron chi connectivity index (χ3n) is 2.36. The van der Waals surface area contributed by atoms with Crippen LogP contribution < -0.4 is 5.73 Å². The van der Waals surface area contributed by atoms with E-state index in [0.29, 0.717) is 13.0 Å². The second kappa shape index (κ2) is 3.77. The topological polar surface area (TPSA) is 63.4 Å². The maximum Gasteiger partial charge on any atom is 0.240 e. The Hall–Kier alpha value is -1.06. The monoisotopic (exact) mass is 184 g/mol. The summed E-state index contributed by atoms with van der Waals surface area (Å²) in [5.41, 5.74) is 5.19. The molecule has 0 bridgehead atoms. The zero-order chi connectivity index (χ0) is 10.0. The van der Waals surface area contributed by atoms with E-state index in [1.165, 1.54) is 0 Å². The van der Waals surface area contributed by atoms with Gasteiger partial charge in [-0.2, -0.15) is 0 Å². The van der Waals surface area contributed by atoms with E-state index in [4.69, 9.17) is 5.73 Å². The Kier molecular flexibility index (Phi) is 2.90. The summed E-state index contributed by atoms with van der Waals surface area (Å²) in [5.74, 6) is -0.409. The van der Waals surface area contributed by atoms with Crippen LogP contribution in [0.5, 0.6) is 0 Å². The molecule has 2 N–H and O–H groups in total. The molecule has 1 heterocycles. The Labute approximate surface area is 78.1 Å². The minimum atomic E-state index is -0.383. The minimum Gasteiger partial charge on any atom is -0.368 e. The molecule has 74 valence electrons. The molecular weight excluding hydrogens is 168 g/mol. The second-order valence-electron chi connectivity index (χ2n) is 3.75. The van der Waals surface area contributed by atoms with Crippen LogP contribution in [0, 0.1) is 5.92 Å². The predicted molar refractivity (Wildman–Crippen MR) is 48.8 cm³/mol. The number of amides is 2. The number of nitrogens with zero attached hydrogens (tertiary/aromatic N) is 1. The van der Waals surface area contributed by atoms with Crippen LogP contribution in [0.1, 0.15) is 26.7 Å². The SMILES string of the molecule is CC(C)C(=O)N1CCC[C@H]1C(N)=O. The molecule has 0 radical (unpaired) electrons. The van der Waals surface area contributed by atoms with Gasteiger partial charge in [-0.3, -0.25) is 9.59 Å². The van der Waals surface area contributed by atoms with Crippen molar-refractivity contribution < 1.29 is 9.59 Å². The van der Waals surface area contributed by atoms with Gasteiger partial charge in [0.15, 0.2) is 0 Å². The Balaban J connectivity index is 2.68. The van der Waals surface area contributed by atoms with Crippen LogP contribution in [0.15, 0.2) is 0 Å². The van der Waals surface area contributed by atoms with Gasteiger partial charge in [0.05, 0.1) is 0 Å². The average molecular weight is 184 g/mol. The van der Waals surface area contributed by atoms with Gasteiger partial charge in [-0.1, -0.05) is 13.8 Å². The first-order valence-electron chi connectivity index (χ1n) is 4.64. The van der Waals surface area contributed by atoms with Gasteiger partial charge < -0.3 is 10.6 Å². The standard InChI is InChI=1S/C9H16N2O2/c1-6(2)9(13)11-5-3-4-7(11)8(10)12/h6-7H,3-5H2,1-2H3,(H2,10,12)/t7-/m0/s1. The molecule has 1 fully saturated rings. The van der Waals surface area contributed by atoms with Crippen molar-refractivity contribution >= 4 is 11.8 Å². The van der Waals surface area contributed by atoms with Crippen LogP contribution in [-0.2, 0) is 9.59 Å². The van der Waals surface area contributed by atoms with Crippen molar-refractivity contribution in [1.82, 2.24) is 4.90 Å². The van der Waals surface area contributed by atoms with Crippen LogP contribution in [-0.4, -0.2) is 29.3 Å². The molecule has 0 aliphatic carbocycles. The van der Waals surface area contributed by atoms with Gasteiger partial charge in [0, 0.05) is 12.5 Å². The van der Waals surface area contributed by atoms with Crippen LogP contribution in [0.25, 0.3) is 0 Å². The summed E-state index contributed by atoms with van der Waals surface area (Å²) in [6, 6.07) is -0.366. The fraction of sp³-hybridized carbons (Fsp3) is 0.778. The Morgan fingerprint density at radius 3 is 2.54 bits per heavy atom. The van der Waals surface area contributed by atoms with Crippen molar-refractivity contribution in [3.8, 4) is 0 Å². The van der Waals surface area contributed by atoms with E-state index in [9.17, 15) is 9.59 Å². The second-order valence-corrected chi connectivity index (χ2v) is 3.75. The summed E-state index contributed by atoms with van der Waals surface area (Å²) in [4.78, 5) is 24.1. The molecule has 0 aromatic heterocycles. The van der Waals surface area contributed by atoms with Crippen molar-refractivity contribution in [2.24, 2.45) is 11.7 Å². The number of hydrogen-bond donors (Lipinski definition) is 1. The summed E-state index contributed by atoms with van der Waals surface area (Å²) in [7, 11) is 0. The molecule has 0 unspecified atom stereocenters. The fourth-order valence-electron chi connectivity index (χ4n) is 1.66. The molecule has 1 saturated heterocycles. The molecule has 1 rings (SSSR count). The lowest BCUT2D eigenvalue weighted by Crippen LogP contribution is -2.45. The molecule has 1 aliphatic heterocycles. The molecular formula is C9H16N2O2. The Bertz CT molecular complexity index is 226. The molecule has 0 aromatic carbocycles. The lowest BCUT2D eigenvalue weighted by Gasteiger charge is -2.23. The van der Waals surface area contributed by atoms with E-state index >= 15 is 0 Å². The smallest absolute Gasteiger partial charge is 0.240 e. The van der Waals surface area contributed by atoms with Crippen molar-refractivity contribution in [2.45, 2.75) is 32.7 Å². The van der Waals surface area contributed by atoms with Crippen molar-refractivity contribution in [3.05, 3.63) is 0 Å². The van der Waals surface area contributed by atoms with Gasteiger partial charge in [0.1, 0.15) is 6.04 Å². The number of likely N-dealkylation sites (tertiary alicyclic amines) is 1. The number of primary amides is 1. The first-order chi connectivity index (χ1) is 6.04. The lowest BCUT2D eigenvalue weighted by atomic mass is 10.1. The molecule has 2 amide bonds. The third-order valence-corrected chi connectivity index (χ3v) is 2.36. The quantitative estimate of drug-likeness (QED) is 0.662. The zero-order valence-corrected chi connectivity index (χ0v) is 8.12. The summed E-state index contributed by atoms with van der Waals surface area (Å²) in [5, 5.41) is 0. The maximum absolute atomic E-state index is 11.6. The summed E-state index contributed by atoms with van der Waals surface area (Å²) in [6.45, 7) is 4.34. The van der Waals surface area contributed by atoms with E-state index in [0.717, 1.165) is 6.42 Å². The minimum absolute atomic E-state index is 0.0290. The molecule has 4 nitrogen and oxygen atoms in total. The summed E-state index contributed by atoms with van der Waals surface area (Å²) in [6.07, 6.45) is 1.60. The molecule has 0 aromatic rings. The van der Waals surface area contributed by atoms with Crippen LogP contribution in [0.4, 0.5) is 0 Å². The molecule has 0 saturated carbocycles. The average Bonchev–Trinajstić information content (AvgIpc) is 2.50. The highest BCUT2D eigenvalue weighted by atomic mass is 16.2. The van der Waals surface area contributed by atoms with Gasteiger partial charge in [-0.05, 0) is 12.8 Å². The molecule has 13 heavy (non-hydrogen) atoms. The van der Waals surface area contributed by atoms with E-state index in [2.05, 4.69) is 0 Å². The van der Waals surface area contributed by atoms with Crippen molar-refractivity contribution in [1.29, 1.82) is 0 Å². The van der Waals surface area contributed by atoms with Gasteiger partial charge in [0.25, 0.3) is 0 Å². The summed E-state index contributed by atoms with van der Waals surface area (Å²) < 4.78 is 0. The van der Waals surface area contributed by atoms with E-state index < -0.39 is 0 Å². The first kappa shape index (κ1) is 10.0. The van der Waals surface area contributed by atoms with Crippen molar-refractivity contribution in [2.75, 3.05) is 6.54 Å².